The maximum atomic E-state index is 7.29. The summed E-state index contributed by atoms with van der Waals surface area (Å²) in [5.74, 6) is 5.36. The number of fused-ring (bicyclic) bond motifs is 9. The minimum atomic E-state index is 0.0240. The molecule has 6 unspecified atom stereocenters. The molecule has 6 aliphatic rings. The van der Waals surface area contributed by atoms with Crippen LogP contribution >= 0.6 is 0 Å². The third-order valence-corrected chi connectivity index (χ3v) is 17.3. The lowest BCUT2D eigenvalue weighted by Gasteiger charge is -2.77. The number of hydrogen-bond donors (Lipinski definition) is 0. The highest BCUT2D eigenvalue weighted by Crippen LogP contribution is 2.89. The second kappa shape index (κ2) is 12.0. The fraction of sp³-hybridized carbons (Fsp3) is 0.310. The molecule has 296 valence electrons. The second-order valence-electron chi connectivity index (χ2n) is 20.8. The molecule has 1 aliphatic heterocycles. The maximum absolute atomic E-state index is 7.29. The first kappa shape index (κ1) is 35.2. The van der Waals surface area contributed by atoms with Gasteiger partial charge in [-0.15, -0.1) is 0 Å². The van der Waals surface area contributed by atoms with E-state index in [0.29, 0.717) is 17.3 Å². The van der Waals surface area contributed by atoms with Crippen LogP contribution < -0.4 is 9.64 Å². The zero-order valence-electron chi connectivity index (χ0n) is 35.3. The molecule has 2 bridgehead atoms. The van der Waals surface area contributed by atoms with Crippen molar-refractivity contribution < 1.29 is 4.74 Å². The largest absolute Gasteiger partial charge is 0.455 e. The minimum absolute atomic E-state index is 0.0240. The van der Waals surface area contributed by atoms with Crippen LogP contribution in [0.5, 0.6) is 11.5 Å². The average molecular weight is 780 g/mol. The van der Waals surface area contributed by atoms with Crippen LogP contribution in [0.2, 0.25) is 0 Å². The molecule has 1 heterocycles. The van der Waals surface area contributed by atoms with E-state index in [-0.39, 0.29) is 16.2 Å². The molecular weight excluding hydrogens is 727 g/mol. The quantitative estimate of drug-likeness (QED) is 0.173. The van der Waals surface area contributed by atoms with Crippen molar-refractivity contribution in [1.29, 1.82) is 0 Å². The first-order chi connectivity index (χ1) is 29.2. The van der Waals surface area contributed by atoms with Crippen molar-refractivity contribution >= 4 is 27.8 Å². The van der Waals surface area contributed by atoms with Crippen molar-refractivity contribution in [2.45, 2.75) is 82.5 Å². The highest BCUT2D eigenvalue weighted by Gasteiger charge is 2.84. The third kappa shape index (κ3) is 4.45. The summed E-state index contributed by atoms with van der Waals surface area (Å²) in [6, 6.07) is 57.2. The van der Waals surface area contributed by atoms with Crippen molar-refractivity contribution in [1.82, 2.24) is 0 Å². The number of anilines is 3. The van der Waals surface area contributed by atoms with E-state index in [1.807, 2.05) is 0 Å². The van der Waals surface area contributed by atoms with Crippen LogP contribution in [0.1, 0.15) is 88.5 Å². The molecule has 0 amide bonds. The minimum Gasteiger partial charge on any atom is -0.455 e. The van der Waals surface area contributed by atoms with E-state index in [2.05, 4.69) is 184 Å². The SMILES string of the molecule is CC1(C)CCC(C)(C)c2cc(N(c3ccc(-c4ccc(-c5ccccc5)c5ccccc45)cc3)c3cccc4c3Oc3ccccc3C43C4CC5CC6CC3C64C5)ccc21. The van der Waals surface area contributed by atoms with Crippen LogP contribution in [-0.2, 0) is 16.2 Å². The number of nitrogens with zero attached hydrogens (tertiary/aromatic N) is 1. The van der Waals surface area contributed by atoms with Crippen molar-refractivity contribution in [2.75, 3.05) is 4.90 Å². The fourth-order valence-corrected chi connectivity index (χ4v) is 14.6. The molecule has 0 aromatic heterocycles. The van der Waals surface area contributed by atoms with Crippen LogP contribution in [-0.4, -0.2) is 0 Å². The smallest absolute Gasteiger partial charge is 0.155 e. The summed E-state index contributed by atoms with van der Waals surface area (Å²) >= 11 is 0. The molecule has 7 aromatic rings. The Labute approximate surface area is 355 Å². The van der Waals surface area contributed by atoms with E-state index in [1.54, 1.807) is 0 Å². The summed E-state index contributed by atoms with van der Waals surface area (Å²) in [6.07, 6.45) is 8.04. The van der Waals surface area contributed by atoms with Gasteiger partial charge in [-0.2, -0.15) is 0 Å². The predicted octanol–water partition coefficient (Wildman–Crippen LogP) is 15.5. The van der Waals surface area contributed by atoms with Crippen LogP contribution in [0, 0.1) is 29.1 Å². The summed E-state index contributed by atoms with van der Waals surface area (Å²) in [6.45, 7) is 9.74. The van der Waals surface area contributed by atoms with Gasteiger partial charge in [0.2, 0.25) is 0 Å². The van der Waals surface area contributed by atoms with Gasteiger partial charge in [-0.25, -0.2) is 0 Å². The number of rotatable bonds is 5. The highest BCUT2D eigenvalue weighted by molar-refractivity contribution is 6.05. The van der Waals surface area contributed by atoms with E-state index < -0.39 is 0 Å². The van der Waals surface area contributed by atoms with E-state index in [9.17, 15) is 0 Å². The highest BCUT2D eigenvalue weighted by atomic mass is 16.5. The average Bonchev–Trinajstić information content (AvgIpc) is 3.81. The Morgan fingerprint density at radius 1 is 0.517 bits per heavy atom. The number of para-hydroxylation sites is 2. The Morgan fingerprint density at radius 3 is 1.90 bits per heavy atom. The zero-order valence-corrected chi connectivity index (χ0v) is 35.3. The Bertz CT molecular complexity index is 2900. The van der Waals surface area contributed by atoms with Gasteiger partial charge in [0.15, 0.2) is 5.75 Å². The fourth-order valence-electron chi connectivity index (χ4n) is 14.6. The molecule has 60 heavy (non-hydrogen) atoms. The topological polar surface area (TPSA) is 12.5 Å². The van der Waals surface area contributed by atoms with Gasteiger partial charge in [-0.1, -0.05) is 143 Å². The molecule has 4 fully saturated rings. The molecule has 2 nitrogen and oxygen atoms in total. The summed E-state index contributed by atoms with van der Waals surface area (Å²) < 4.78 is 7.29. The molecule has 2 spiro atoms. The second-order valence-corrected chi connectivity index (χ2v) is 20.8. The van der Waals surface area contributed by atoms with Gasteiger partial charge in [0.1, 0.15) is 5.75 Å². The van der Waals surface area contributed by atoms with Gasteiger partial charge in [-0.3, -0.25) is 0 Å². The first-order valence-corrected chi connectivity index (χ1v) is 22.7. The number of hydrogen-bond acceptors (Lipinski definition) is 2. The van der Waals surface area contributed by atoms with Crippen LogP contribution in [0.25, 0.3) is 33.0 Å². The summed E-state index contributed by atoms with van der Waals surface area (Å²) in [5.41, 5.74) is 15.1. The Hall–Kier alpha value is -5.60. The lowest BCUT2D eigenvalue weighted by atomic mass is 9.26. The van der Waals surface area contributed by atoms with Crippen molar-refractivity contribution in [3.8, 4) is 33.8 Å². The number of benzene rings is 7. The van der Waals surface area contributed by atoms with Gasteiger partial charge in [0.25, 0.3) is 0 Å². The van der Waals surface area contributed by atoms with Gasteiger partial charge in [-0.05, 0) is 159 Å². The van der Waals surface area contributed by atoms with Crippen molar-refractivity contribution in [2.24, 2.45) is 29.1 Å². The summed E-state index contributed by atoms with van der Waals surface area (Å²) in [4.78, 5) is 2.53. The van der Waals surface area contributed by atoms with Gasteiger partial charge in [0, 0.05) is 27.9 Å². The van der Waals surface area contributed by atoms with Gasteiger partial charge >= 0.3 is 0 Å². The summed E-state index contributed by atoms with van der Waals surface area (Å²) in [7, 11) is 0. The van der Waals surface area contributed by atoms with Crippen molar-refractivity contribution in [3.63, 3.8) is 0 Å². The molecule has 4 saturated carbocycles. The van der Waals surface area contributed by atoms with E-state index in [1.165, 1.54) is 99.5 Å². The molecule has 0 saturated heterocycles. The molecule has 2 heteroatoms. The summed E-state index contributed by atoms with van der Waals surface area (Å²) in [5, 5.41) is 2.55. The normalized spacial score (nSPS) is 27.8. The molecular formula is C58H53NO. The first-order valence-electron chi connectivity index (χ1n) is 22.7. The molecule has 13 rings (SSSR count). The lowest BCUT2D eigenvalue weighted by molar-refractivity contribution is -0.235. The molecule has 7 aromatic carbocycles. The molecule has 0 radical (unpaired) electrons. The van der Waals surface area contributed by atoms with E-state index in [0.717, 1.165) is 34.7 Å². The Kier molecular flexibility index (Phi) is 7.05. The molecule has 5 aliphatic carbocycles. The van der Waals surface area contributed by atoms with Gasteiger partial charge < -0.3 is 9.64 Å². The van der Waals surface area contributed by atoms with Crippen LogP contribution in [0.3, 0.4) is 0 Å². The molecule has 6 atom stereocenters. The number of ether oxygens (including phenoxy) is 1. The lowest BCUT2D eigenvalue weighted by Crippen LogP contribution is -2.74. The molecule has 0 N–H and O–H groups in total. The Balaban J connectivity index is 0.989. The zero-order chi connectivity index (χ0) is 40.2. The maximum Gasteiger partial charge on any atom is 0.155 e. The standard InChI is InChI=1S/C58H53NO/c1-55(2)29-30-56(3,4)49-34-41(25-28-46(49)55)59(40-23-21-38(22-24-40)43-27-26-42(37-13-6-5-7-14-37)44-15-8-9-16-45(43)44)50-19-12-18-48-54(50)60-51-20-11-10-17-47(51)58(48)52-32-36-31-39-33-53(58)57(39,52)35-36/h5-28,34,36,39,52-53H,29-33,35H2,1-4H3. The van der Waals surface area contributed by atoms with Crippen LogP contribution in [0.4, 0.5) is 17.1 Å². The monoisotopic (exact) mass is 779 g/mol. The van der Waals surface area contributed by atoms with Crippen molar-refractivity contribution in [3.05, 3.63) is 174 Å². The van der Waals surface area contributed by atoms with E-state index in [4.69, 9.17) is 4.74 Å². The van der Waals surface area contributed by atoms with Gasteiger partial charge in [0.05, 0.1) is 5.69 Å². The van der Waals surface area contributed by atoms with Crippen LogP contribution in [0.15, 0.2) is 152 Å². The Morgan fingerprint density at radius 2 is 1.15 bits per heavy atom. The predicted molar refractivity (Wildman–Crippen MR) is 247 cm³/mol. The van der Waals surface area contributed by atoms with E-state index >= 15 is 0 Å². The third-order valence-electron chi connectivity index (χ3n) is 17.3.